The summed E-state index contributed by atoms with van der Waals surface area (Å²) in [5.74, 6) is 3.91. The fourth-order valence-corrected chi connectivity index (χ4v) is 5.34. The van der Waals surface area contributed by atoms with E-state index in [1.165, 1.54) is 22.1 Å². The average Bonchev–Trinajstić information content (AvgIpc) is 2.74. The number of thiophene rings is 1. The van der Waals surface area contributed by atoms with Crippen LogP contribution in [-0.4, -0.2) is 29.1 Å². The number of hydrogen-bond donors (Lipinski definition) is 1. The van der Waals surface area contributed by atoms with Crippen LogP contribution in [0.1, 0.15) is 17.8 Å². The van der Waals surface area contributed by atoms with Crippen molar-refractivity contribution in [3.8, 4) is 0 Å². The number of nitrogens with one attached hydrogen (secondary N) is 1. The molecule has 1 aromatic heterocycles. The Hall–Kier alpha value is 0.650. The zero-order valence-corrected chi connectivity index (χ0v) is 12.4. The second-order valence-electron chi connectivity index (χ2n) is 3.84. The van der Waals surface area contributed by atoms with E-state index < -0.39 is 0 Å². The van der Waals surface area contributed by atoms with Crippen molar-refractivity contribution in [2.75, 3.05) is 23.8 Å². The third-order valence-electron chi connectivity index (χ3n) is 2.56. The van der Waals surface area contributed by atoms with Crippen LogP contribution in [0.3, 0.4) is 0 Å². The molecule has 0 aliphatic carbocycles. The van der Waals surface area contributed by atoms with E-state index in [9.17, 15) is 0 Å². The number of rotatable bonds is 4. The molecule has 90 valence electrons. The Labute approximate surface area is 115 Å². The zero-order chi connectivity index (χ0) is 11.4. The quantitative estimate of drug-likeness (QED) is 0.904. The molecule has 1 aromatic rings. The van der Waals surface area contributed by atoms with Crippen LogP contribution in [0.4, 0.5) is 0 Å². The van der Waals surface area contributed by atoms with Gasteiger partial charge in [-0.2, -0.15) is 23.5 Å². The third kappa shape index (κ3) is 3.84. The number of thioether (sulfide) groups is 2. The highest BCUT2D eigenvalue weighted by atomic mass is 35.5. The lowest BCUT2D eigenvalue weighted by Crippen LogP contribution is -2.30. The fraction of sp³-hybridized carbons (Fsp3) is 0.636. The molecule has 1 nitrogen and oxygen atoms in total. The van der Waals surface area contributed by atoms with E-state index in [4.69, 9.17) is 11.6 Å². The fourth-order valence-electron chi connectivity index (χ4n) is 1.62. The molecule has 2 rings (SSSR count). The van der Waals surface area contributed by atoms with Gasteiger partial charge < -0.3 is 5.32 Å². The van der Waals surface area contributed by atoms with Gasteiger partial charge in [-0.3, -0.25) is 0 Å². The van der Waals surface area contributed by atoms with Crippen LogP contribution in [0.2, 0.25) is 4.34 Å². The molecule has 5 heteroatoms. The summed E-state index contributed by atoms with van der Waals surface area (Å²) in [6.07, 6.45) is 0. The van der Waals surface area contributed by atoms with E-state index in [0.717, 1.165) is 16.1 Å². The van der Waals surface area contributed by atoms with Crippen LogP contribution >= 0.6 is 46.5 Å². The summed E-state index contributed by atoms with van der Waals surface area (Å²) in [7, 11) is 0. The van der Waals surface area contributed by atoms with Gasteiger partial charge in [0.25, 0.3) is 0 Å². The minimum atomic E-state index is 0.421. The molecular formula is C11H16ClNS3. The van der Waals surface area contributed by atoms with Crippen molar-refractivity contribution in [2.45, 2.75) is 18.2 Å². The second kappa shape index (κ2) is 6.55. The molecule has 1 saturated heterocycles. The molecule has 2 heterocycles. The van der Waals surface area contributed by atoms with Gasteiger partial charge >= 0.3 is 0 Å². The van der Waals surface area contributed by atoms with Crippen molar-refractivity contribution in [1.29, 1.82) is 0 Å². The molecular weight excluding hydrogens is 278 g/mol. The molecule has 0 radical (unpaired) electrons. The van der Waals surface area contributed by atoms with Crippen LogP contribution in [0, 0.1) is 0 Å². The molecule has 0 bridgehead atoms. The Morgan fingerprint density at radius 1 is 1.50 bits per heavy atom. The molecule has 1 aliphatic rings. The molecule has 16 heavy (non-hydrogen) atoms. The Morgan fingerprint density at radius 3 is 3.00 bits per heavy atom. The van der Waals surface area contributed by atoms with Crippen LogP contribution < -0.4 is 5.32 Å². The first kappa shape index (κ1) is 13.1. The van der Waals surface area contributed by atoms with E-state index in [0.29, 0.717) is 6.04 Å². The standard InChI is InChI=1S/C11H16ClNS3/c1-8(10-2-3-11(12)16-10)13-6-9-7-14-4-5-15-9/h2-3,8-9,13H,4-7H2,1H3. The Bertz CT molecular complexity index is 323. The number of hydrogen-bond acceptors (Lipinski definition) is 4. The molecule has 1 N–H and O–H groups in total. The summed E-state index contributed by atoms with van der Waals surface area (Å²) < 4.78 is 0.881. The second-order valence-corrected chi connectivity index (χ2v) is 8.14. The summed E-state index contributed by atoms with van der Waals surface area (Å²) in [4.78, 5) is 1.33. The molecule has 0 amide bonds. The maximum Gasteiger partial charge on any atom is 0.0931 e. The van der Waals surface area contributed by atoms with Crippen molar-refractivity contribution in [3.05, 3.63) is 21.3 Å². The predicted octanol–water partition coefficient (Wildman–Crippen LogP) is 3.90. The first-order chi connectivity index (χ1) is 7.75. The topological polar surface area (TPSA) is 12.0 Å². The maximum absolute atomic E-state index is 5.94. The monoisotopic (exact) mass is 293 g/mol. The maximum atomic E-state index is 5.94. The van der Waals surface area contributed by atoms with Gasteiger partial charge in [-0.25, -0.2) is 0 Å². The van der Waals surface area contributed by atoms with Crippen LogP contribution in [0.5, 0.6) is 0 Å². The molecule has 2 atom stereocenters. The van der Waals surface area contributed by atoms with Crippen LogP contribution in [0.15, 0.2) is 12.1 Å². The van der Waals surface area contributed by atoms with Crippen molar-refractivity contribution >= 4 is 46.5 Å². The lowest BCUT2D eigenvalue weighted by atomic mass is 10.2. The third-order valence-corrected chi connectivity index (χ3v) is 6.82. The molecule has 2 unspecified atom stereocenters. The first-order valence-electron chi connectivity index (χ1n) is 5.43. The normalized spacial score (nSPS) is 23.2. The SMILES string of the molecule is CC(NCC1CSCCS1)c1ccc(Cl)s1. The van der Waals surface area contributed by atoms with Crippen molar-refractivity contribution in [3.63, 3.8) is 0 Å². The van der Waals surface area contributed by atoms with Crippen LogP contribution in [0.25, 0.3) is 0 Å². The highest BCUT2D eigenvalue weighted by Gasteiger charge is 2.15. The van der Waals surface area contributed by atoms with Gasteiger partial charge in [-0.05, 0) is 19.1 Å². The highest BCUT2D eigenvalue weighted by molar-refractivity contribution is 8.06. The van der Waals surface area contributed by atoms with Gasteiger partial charge in [-0.1, -0.05) is 11.6 Å². The van der Waals surface area contributed by atoms with Gasteiger partial charge in [0, 0.05) is 40.0 Å². The molecule has 0 spiro atoms. The molecule has 0 aromatic carbocycles. The Morgan fingerprint density at radius 2 is 2.38 bits per heavy atom. The average molecular weight is 294 g/mol. The summed E-state index contributed by atoms with van der Waals surface area (Å²) in [5, 5.41) is 4.37. The van der Waals surface area contributed by atoms with Gasteiger partial charge in [0.15, 0.2) is 0 Å². The van der Waals surface area contributed by atoms with Crippen molar-refractivity contribution in [2.24, 2.45) is 0 Å². The molecule has 1 fully saturated rings. The van der Waals surface area contributed by atoms with E-state index >= 15 is 0 Å². The van der Waals surface area contributed by atoms with Crippen molar-refractivity contribution in [1.82, 2.24) is 5.32 Å². The van der Waals surface area contributed by atoms with E-state index in [-0.39, 0.29) is 0 Å². The van der Waals surface area contributed by atoms with Gasteiger partial charge in [0.05, 0.1) is 4.34 Å². The molecule has 0 saturated carbocycles. The van der Waals surface area contributed by atoms with E-state index in [1.807, 2.05) is 6.07 Å². The van der Waals surface area contributed by atoms with Gasteiger partial charge in [-0.15, -0.1) is 11.3 Å². The van der Waals surface area contributed by atoms with Crippen molar-refractivity contribution < 1.29 is 0 Å². The van der Waals surface area contributed by atoms with Gasteiger partial charge in [0.2, 0.25) is 0 Å². The smallest absolute Gasteiger partial charge is 0.0931 e. The summed E-state index contributed by atoms with van der Waals surface area (Å²) in [6, 6.07) is 4.52. The Balaban J connectivity index is 1.76. The van der Waals surface area contributed by atoms with Crippen LogP contribution in [-0.2, 0) is 0 Å². The predicted molar refractivity (Wildman–Crippen MR) is 79.3 cm³/mol. The summed E-state index contributed by atoms with van der Waals surface area (Å²) in [6.45, 7) is 3.32. The first-order valence-corrected chi connectivity index (χ1v) is 8.83. The van der Waals surface area contributed by atoms with E-state index in [1.54, 1.807) is 11.3 Å². The molecule has 1 aliphatic heterocycles. The van der Waals surface area contributed by atoms with E-state index in [2.05, 4.69) is 41.8 Å². The summed E-state index contributed by atoms with van der Waals surface area (Å²) >= 11 is 11.8. The highest BCUT2D eigenvalue weighted by Crippen LogP contribution is 2.28. The lowest BCUT2D eigenvalue weighted by Gasteiger charge is -2.23. The van der Waals surface area contributed by atoms with Gasteiger partial charge in [0.1, 0.15) is 0 Å². The zero-order valence-electron chi connectivity index (χ0n) is 9.24. The minimum Gasteiger partial charge on any atom is -0.308 e. The summed E-state index contributed by atoms with van der Waals surface area (Å²) in [5.41, 5.74) is 0. The Kier molecular flexibility index (Phi) is 5.36. The largest absolute Gasteiger partial charge is 0.308 e. The number of halogens is 1. The minimum absolute atomic E-state index is 0.421. The lowest BCUT2D eigenvalue weighted by molar-refractivity contribution is 0.585.